The Morgan fingerprint density at radius 1 is 0.929 bits per heavy atom. The molecule has 0 atom stereocenters. The van der Waals surface area contributed by atoms with Gasteiger partial charge in [0.25, 0.3) is 0 Å². The number of aromatic nitrogens is 5. The van der Waals surface area contributed by atoms with Crippen LogP contribution in [0.5, 0.6) is 0 Å². The van der Waals surface area contributed by atoms with Crippen molar-refractivity contribution >= 4 is 27.7 Å². The van der Waals surface area contributed by atoms with Crippen molar-refractivity contribution in [2.45, 2.75) is 33.6 Å². The maximum atomic E-state index is 4.65. The zero-order valence-electron chi connectivity index (χ0n) is 16.4. The third-order valence-corrected chi connectivity index (χ3v) is 5.47. The van der Waals surface area contributed by atoms with E-state index in [2.05, 4.69) is 71.9 Å². The lowest BCUT2D eigenvalue weighted by Gasteiger charge is -2.15. The average Bonchev–Trinajstić information content (AvgIpc) is 3.07. The molecule has 0 aliphatic heterocycles. The van der Waals surface area contributed by atoms with Gasteiger partial charge in [-0.15, -0.1) is 0 Å². The first kappa shape index (κ1) is 16.8. The SMILES string of the molecule is Cc1cc2cc(-c3ncnc4nc5ncccn5c34)cc(C(C)C)c2cc1C. The van der Waals surface area contributed by atoms with Crippen molar-refractivity contribution < 1.29 is 0 Å². The van der Waals surface area contributed by atoms with Gasteiger partial charge >= 0.3 is 0 Å². The molecule has 28 heavy (non-hydrogen) atoms. The van der Waals surface area contributed by atoms with Crippen molar-refractivity contribution in [3.05, 3.63) is 65.7 Å². The average molecular weight is 367 g/mol. The largest absolute Gasteiger partial charge is 0.280 e. The molecule has 0 aliphatic rings. The van der Waals surface area contributed by atoms with Crippen LogP contribution in [0.15, 0.2) is 49.1 Å². The Balaban J connectivity index is 1.88. The Kier molecular flexibility index (Phi) is 3.66. The summed E-state index contributed by atoms with van der Waals surface area (Å²) in [5, 5.41) is 2.55. The van der Waals surface area contributed by atoms with Crippen LogP contribution >= 0.6 is 0 Å². The number of benzene rings is 2. The highest BCUT2D eigenvalue weighted by atomic mass is 15.1. The second-order valence-electron chi connectivity index (χ2n) is 7.67. The van der Waals surface area contributed by atoms with Gasteiger partial charge in [0.2, 0.25) is 5.78 Å². The van der Waals surface area contributed by atoms with Gasteiger partial charge in [-0.3, -0.25) is 4.40 Å². The molecule has 138 valence electrons. The van der Waals surface area contributed by atoms with E-state index < -0.39 is 0 Å². The van der Waals surface area contributed by atoms with Crippen molar-refractivity contribution in [1.29, 1.82) is 0 Å². The minimum atomic E-state index is 0.408. The molecule has 2 aromatic carbocycles. The summed E-state index contributed by atoms with van der Waals surface area (Å²) in [5.74, 6) is 1.04. The fourth-order valence-corrected chi connectivity index (χ4v) is 3.88. The van der Waals surface area contributed by atoms with Crippen LogP contribution in [-0.2, 0) is 0 Å². The van der Waals surface area contributed by atoms with E-state index in [0.29, 0.717) is 17.3 Å². The molecular weight excluding hydrogens is 346 g/mol. The highest BCUT2D eigenvalue weighted by molar-refractivity contribution is 5.96. The molecule has 0 saturated heterocycles. The number of imidazole rings is 1. The minimum Gasteiger partial charge on any atom is -0.280 e. The van der Waals surface area contributed by atoms with Gasteiger partial charge in [0.05, 0.1) is 0 Å². The number of nitrogens with zero attached hydrogens (tertiary/aromatic N) is 5. The van der Waals surface area contributed by atoms with Gasteiger partial charge in [-0.2, -0.15) is 4.98 Å². The first-order valence-corrected chi connectivity index (χ1v) is 9.52. The monoisotopic (exact) mass is 367 g/mol. The van der Waals surface area contributed by atoms with Gasteiger partial charge in [-0.25, -0.2) is 15.0 Å². The Morgan fingerprint density at radius 2 is 1.75 bits per heavy atom. The van der Waals surface area contributed by atoms with Crippen LogP contribution in [0, 0.1) is 13.8 Å². The first-order chi connectivity index (χ1) is 13.5. The molecular formula is C23H21N5. The zero-order chi connectivity index (χ0) is 19.4. The maximum Gasteiger partial charge on any atom is 0.236 e. The number of aryl methyl sites for hydroxylation is 2. The number of rotatable bonds is 2. The van der Waals surface area contributed by atoms with Gasteiger partial charge in [0.15, 0.2) is 5.65 Å². The van der Waals surface area contributed by atoms with Gasteiger partial charge in [-0.05, 0) is 65.4 Å². The molecule has 3 aromatic heterocycles. The topological polar surface area (TPSA) is 56.0 Å². The van der Waals surface area contributed by atoms with E-state index in [9.17, 15) is 0 Å². The third-order valence-electron chi connectivity index (χ3n) is 5.47. The Labute approximate surface area is 163 Å². The summed E-state index contributed by atoms with van der Waals surface area (Å²) in [6.45, 7) is 8.81. The second kappa shape index (κ2) is 6.09. The second-order valence-corrected chi connectivity index (χ2v) is 7.67. The van der Waals surface area contributed by atoms with Crippen LogP contribution in [0.1, 0.15) is 36.5 Å². The molecule has 0 bridgehead atoms. The van der Waals surface area contributed by atoms with Crippen LogP contribution in [0.3, 0.4) is 0 Å². The highest BCUT2D eigenvalue weighted by Gasteiger charge is 2.16. The third kappa shape index (κ3) is 2.47. The smallest absolute Gasteiger partial charge is 0.236 e. The molecule has 5 rings (SSSR count). The lowest BCUT2D eigenvalue weighted by Crippen LogP contribution is -1.96. The van der Waals surface area contributed by atoms with Crippen LogP contribution in [0.2, 0.25) is 0 Å². The molecule has 0 fully saturated rings. The number of hydrogen-bond donors (Lipinski definition) is 0. The molecule has 0 amide bonds. The normalized spacial score (nSPS) is 11.9. The first-order valence-electron chi connectivity index (χ1n) is 9.52. The van der Waals surface area contributed by atoms with Gasteiger partial charge in [-0.1, -0.05) is 26.0 Å². The quantitative estimate of drug-likeness (QED) is 0.428. The van der Waals surface area contributed by atoms with E-state index >= 15 is 0 Å². The zero-order valence-corrected chi connectivity index (χ0v) is 16.4. The van der Waals surface area contributed by atoms with E-state index in [4.69, 9.17) is 0 Å². The van der Waals surface area contributed by atoms with Crippen LogP contribution in [0.4, 0.5) is 0 Å². The van der Waals surface area contributed by atoms with E-state index in [1.165, 1.54) is 27.5 Å². The molecule has 5 heteroatoms. The summed E-state index contributed by atoms with van der Waals surface area (Å²) in [4.78, 5) is 17.9. The molecule has 3 heterocycles. The predicted octanol–water partition coefficient (Wildman–Crippen LogP) is 5.23. The molecule has 0 spiro atoms. The fraction of sp³-hybridized carbons (Fsp3) is 0.217. The standard InChI is InChI=1S/C23H21N5/c1-13(2)18-11-17(10-16-8-14(3)15(4)9-19(16)18)20-21-22(26-12-25-20)27-23-24-6-5-7-28(21)23/h5-13H,1-4H3. The molecule has 0 radical (unpaired) electrons. The minimum absolute atomic E-state index is 0.408. The Hall–Kier alpha value is -3.34. The van der Waals surface area contributed by atoms with E-state index in [1.807, 2.05) is 16.7 Å². The lowest BCUT2D eigenvalue weighted by molar-refractivity contribution is 0.876. The molecule has 5 nitrogen and oxygen atoms in total. The van der Waals surface area contributed by atoms with Crippen LogP contribution in [-0.4, -0.2) is 24.3 Å². The van der Waals surface area contributed by atoms with E-state index in [1.54, 1.807) is 12.5 Å². The molecule has 5 aromatic rings. The number of fused-ring (bicyclic) bond motifs is 4. The van der Waals surface area contributed by atoms with Crippen molar-refractivity contribution in [3.8, 4) is 11.3 Å². The van der Waals surface area contributed by atoms with E-state index in [-0.39, 0.29) is 0 Å². The highest BCUT2D eigenvalue weighted by Crippen LogP contribution is 2.34. The van der Waals surface area contributed by atoms with Crippen molar-refractivity contribution in [3.63, 3.8) is 0 Å². The summed E-state index contributed by atoms with van der Waals surface area (Å²) in [5.41, 5.74) is 7.46. The summed E-state index contributed by atoms with van der Waals surface area (Å²) in [7, 11) is 0. The predicted molar refractivity (Wildman–Crippen MR) is 113 cm³/mol. The Bertz CT molecular complexity index is 1360. The van der Waals surface area contributed by atoms with Crippen LogP contribution in [0.25, 0.3) is 39.0 Å². The lowest BCUT2D eigenvalue weighted by atomic mass is 9.90. The van der Waals surface area contributed by atoms with Gasteiger partial charge in [0, 0.05) is 18.0 Å². The van der Waals surface area contributed by atoms with Crippen LogP contribution < -0.4 is 0 Å². The van der Waals surface area contributed by atoms with Gasteiger partial charge < -0.3 is 0 Å². The van der Waals surface area contributed by atoms with Crippen molar-refractivity contribution in [1.82, 2.24) is 24.3 Å². The van der Waals surface area contributed by atoms with Crippen molar-refractivity contribution in [2.75, 3.05) is 0 Å². The van der Waals surface area contributed by atoms with E-state index in [0.717, 1.165) is 16.8 Å². The van der Waals surface area contributed by atoms with Crippen molar-refractivity contribution in [2.24, 2.45) is 0 Å². The summed E-state index contributed by atoms with van der Waals surface area (Å²) in [6, 6.07) is 11.0. The summed E-state index contributed by atoms with van der Waals surface area (Å²) in [6.07, 6.45) is 5.29. The molecule has 0 aliphatic carbocycles. The molecule has 0 N–H and O–H groups in total. The molecule has 0 saturated carbocycles. The number of hydrogen-bond acceptors (Lipinski definition) is 4. The summed E-state index contributed by atoms with van der Waals surface area (Å²) < 4.78 is 1.96. The Morgan fingerprint density at radius 3 is 2.57 bits per heavy atom. The fourth-order valence-electron chi connectivity index (χ4n) is 3.88. The maximum absolute atomic E-state index is 4.65. The van der Waals surface area contributed by atoms with Gasteiger partial charge in [0.1, 0.15) is 17.5 Å². The summed E-state index contributed by atoms with van der Waals surface area (Å²) >= 11 is 0. The molecule has 0 unspecified atom stereocenters.